The van der Waals surface area contributed by atoms with E-state index in [2.05, 4.69) is 34.8 Å². The van der Waals surface area contributed by atoms with Crippen LogP contribution < -0.4 is 0 Å². The molecule has 0 aliphatic heterocycles. The molecule has 0 spiro atoms. The Bertz CT molecular complexity index is 275. The monoisotopic (exact) mass is 261 g/mol. The number of rotatable bonds is 3. The molecule has 1 unspecified atom stereocenters. The molecule has 0 fully saturated rings. The standard InChI is InChI=1S/C10H13BrClN/c1-7(2)9(11)5-8-3-4-13-6-10(8)12/h3-4,6-7,9H,5H2,1-2H3. The van der Waals surface area contributed by atoms with Crippen LogP contribution in [-0.2, 0) is 6.42 Å². The van der Waals surface area contributed by atoms with Crippen LogP contribution in [0.4, 0.5) is 0 Å². The fourth-order valence-corrected chi connectivity index (χ4v) is 1.56. The van der Waals surface area contributed by atoms with Crippen LogP contribution >= 0.6 is 27.5 Å². The van der Waals surface area contributed by atoms with Gasteiger partial charge in [0.1, 0.15) is 0 Å². The maximum absolute atomic E-state index is 5.99. The third-order valence-electron chi connectivity index (χ3n) is 1.99. The number of hydrogen-bond acceptors (Lipinski definition) is 1. The van der Waals surface area contributed by atoms with Crippen molar-refractivity contribution < 1.29 is 0 Å². The van der Waals surface area contributed by atoms with Crippen LogP contribution in [0.15, 0.2) is 18.5 Å². The zero-order valence-electron chi connectivity index (χ0n) is 7.80. The van der Waals surface area contributed by atoms with E-state index in [4.69, 9.17) is 11.6 Å². The predicted octanol–water partition coefficient (Wildman–Crippen LogP) is 3.70. The minimum atomic E-state index is 0.479. The fourth-order valence-electron chi connectivity index (χ4n) is 1.02. The first-order valence-corrected chi connectivity index (χ1v) is 5.63. The summed E-state index contributed by atoms with van der Waals surface area (Å²) in [4.78, 5) is 4.43. The smallest absolute Gasteiger partial charge is 0.0621 e. The molecule has 0 aromatic carbocycles. The first-order valence-electron chi connectivity index (χ1n) is 4.33. The van der Waals surface area contributed by atoms with E-state index in [1.807, 2.05) is 6.07 Å². The van der Waals surface area contributed by atoms with Crippen molar-refractivity contribution in [3.63, 3.8) is 0 Å². The topological polar surface area (TPSA) is 12.9 Å². The van der Waals surface area contributed by atoms with Crippen molar-refractivity contribution in [1.29, 1.82) is 0 Å². The quantitative estimate of drug-likeness (QED) is 0.757. The Morgan fingerprint density at radius 1 is 1.54 bits per heavy atom. The maximum Gasteiger partial charge on any atom is 0.0621 e. The summed E-state index contributed by atoms with van der Waals surface area (Å²) in [6.45, 7) is 4.38. The Kier molecular flexibility index (Phi) is 4.20. The normalized spacial score (nSPS) is 13.3. The molecule has 1 heterocycles. The summed E-state index contributed by atoms with van der Waals surface area (Å²) in [5, 5.41) is 0.757. The van der Waals surface area contributed by atoms with E-state index >= 15 is 0 Å². The highest BCUT2D eigenvalue weighted by Crippen LogP contribution is 2.22. The van der Waals surface area contributed by atoms with Gasteiger partial charge in [0.2, 0.25) is 0 Å². The van der Waals surface area contributed by atoms with Gasteiger partial charge in [-0.25, -0.2) is 0 Å². The molecule has 0 N–H and O–H groups in total. The van der Waals surface area contributed by atoms with Gasteiger partial charge in [0, 0.05) is 17.2 Å². The minimum absolute atomic E-state index is 0.479. The van der Waals surface area contributed by atoms with Crippen molar-refractivity contribution >= 4 is 27.5 Å². The first kappa shape index (κ1) is 11.0. The molecule has 1 atom stereocenters. The van der Waals surface area contributed by atoms with Crippen LogP contribution in [0, 0.1) is 5.92 Å². The van der Waals surface area contributed by atoms with E-state index in [0.717, 1.165) is 17.0 Å². The summed E-state index contributed by atoms with van der Waals surface area (Å²) in [5.74, 6) is 0.615. The Balaban J connectivity index is 2.69. The van der Waals surface area contributed by atoms with Gasteiger partial charge in [-0.3, -0.25) is 4.98 Å². The van der Waals surface area contributed by atoms with Crippen LogP contribution in [0.2, 0.25) is 5.02 Å². The number of aromatic nitrogens is 1. The molecule has 13 heavy (non-hydrogen) atoms. The van der Waals surface area contributed by atoms with Gasteiger partial charge in [-0.15, -0.1) is 0 Å². The number of alkyl halides is 1. The first-order chi connectivity index (χ1) is 6.11. The van der Waals surface area contributed by atoms with Crippen molar-refractivity contribution in [2.45, 2.75) is 25.1 Å². The van der Waals surface area contributed by atoms with Crippen LogP contribution in [0.1, 0.15) is 19.4 Å². The average Bonchev–Trinajstić information content (AvgIpc) is 2.08. The average molecular weight is 263 g/mol. The highest BCUT2D eigenvalue weighted by molar-refractivity contribution is 9.09. The fraction of sp³-hybridized carbons (Fsp3) is 0.500. The van der Waals surface area contributed by atoms with Gasteiger partial charge in [-0.05, 0) is 24.0 Å². The zero-order valence-corrected chi connectivity index (χ0v) is 10.1. The van der Waals surface area contributed by atoms with Crippen molar-refractivity contribution in [1.82, 2.24) is 4.98 Å². The maximum atomic E-state index is 5.99. The molecule has 72 valence electrons. The SMILES string of the molecule is CC(C)C(Br)Cc1ccncc1Cl. The molecule has 0 saturated carbocycles. The van der Waals surface area contributed by atoms with Crippen molar-refractivity contribution in [2.75, 3.05) is 0 Å². The molecule has 1 nitrogen and oxygen atoms in total. The second-order valence-corrected chi connectivity index (χ2v) is 5.01. The molecule has 0 bridgehead atoms. The molecule has 1 rings (SSSR count). The van der Waals surface area contributed by atoms with E-state index in [-0.39, 0.29) is 0 Å². The summed E-state index contributed by atoms with van der Waals surface area (Å²) in [6.07, 6.45) is 4.43. The summed E-state index contributed by atoms with van der Waals surface area (Å²) in [7, 11) is 0. The van der Waals surface area contributed by atoms with E-state index in [1.165, 1.54) is 0 Å². The van der Waals surface area contributed by atoms with Crippen molar-refractivity contribution in [3.8, 4) is 0 Å². The third kappa shape index (κ3) is 3.28. The predicted molar refractivity (Wildman–Crippen MR) is 60.5 cm³/mol. The minimum Gasteiger partial charge on any atom is -0.263 e. The van der Waals surface area contributed by atoms with Gasteiger partial charge in [-0.1, -0.05) is 41.4 Å². The summed E-state index contributed by atoms with van der Waals surface area (Å²) < 4.78 is 0. The van der Waals surface area contributed by atoms with E-state index in [0.29, 0.717) is 10.7 Å². The Hall–Kier alpha value is -0.0800. The highest BCUT2D eigenvalue weighted by atomic mass is 79.9. The van der Waals surface area contributed by atoms with Crippen LogP contribution in [-0.4, -0.2) is 9.81 Å². The largest absolute Gasteiger partial charge is 0.263 e. The lowest BCUT2D eigenvalue weighted by Crippen LogP contribution is -2.10. The number of halogens is 2. The van der Waals surface area contributed by atoms with Crippen LogP contribution in [0.5, 0.6) is 0 Å². The molecule has 0 radical (unpaired) electrons. The molecule has 0 aliphatic rings. The Labute approximate surface area is 92.6 Å². The van der Waals surface area contributed by atoms with E-state index in [9.17, 15) is 0 Å². The molecular weight excluding hydrogens is 249 g/mol. The van der Waals surface area contributed by atoms with Crippen molar-refractivity contribution in [3.05, 3.63) is 29.0 Å². The lowest BCUT2D eigenvalue weighted by Gasteiger charge is -2.13. The van der Waals surface area contributed by atoms with Gasteiger partial charge in [-0.2, -0.15) is 0 Å². The number of pyridine rings is 1. The number of hydrogen-bond donors (Lipinski definition) is 0. The third-order valence-corrected chi connectivity index (χ3v) is 3.72. The second-order valence-electron chi connectivity index (χ2n) is 3.43. The molecule has 0 saturated heterocycles. The lowest BCUT2D eigenvalue weighted by atomic mass is 10.0. The van der Waals surface area contributed by atoms with E-state index in [1.54, 1.807) is 12.4 Å². The molecule has 1 aromatic rings. The van der Waals surface area contributed by atoms with Gasteiger partial charge >= 0.3 is 0 Å². The molecule has 1 aromatic heterocycles. The molecule has 3 heteroatoms. The molecule has 0 aliphatic carbocycles. The zero-order chi connectivity index (χ0) is 9.84. The highest BCUT2D eigenvalue weighted by Gasteiger charge is 2.11. The summed E-state index contributed by atoms with van der Waals surface area (Å²) >= 11 is 9.62. The Morgan fingerprint density at radius 2 is 2.23 bits per heavy atom. The van der Waals surface area contributed by atoms with Gasteiger partial charge in [0.25, 0.3) is 0 Å². The molecule has 0 amide bonds. The van der Waals surface area contributed by atoms with Crippen LogP contribution in [0.3, 0.4) is 0 Å². The van der Waals surface area contributed by atoms with Gasteiger partial charge in [0.05, 0.1) is 5.02 Å². The van der Waals surface area contributed by atoms with Crippen LogP contribution in [0.25, 0.3) is 0 Å². The summed E-state index contributed by atoms with van der Waals surface area (Å²) in [5.41, 5.74) is 1.16. The Morgan fingerprint density at radius 3 is 2.77 bits per heavy atom. The summed E-state index contributed by atoms with van der Waals surface area (Å²) in [6, 6.07) is 1.97. The molecular formula is C10H13BrClN. The van der Waals surface area contributed by atoms with E-state index < -0.39 is 0 Å². The number of nitrogens with zero attached hydrogens (tertiary/aromatic N) is 1. The van der Waals surface area contributed by atoms with Gasteiger partial charge < -0.3 is 0 Å². The second kappa shape index (κ2) is 4.97. The van der Waals surface area contributed by atoms with Gasteiger partial charge in [0.15, 0.2) is 0 Å². The van der Waals surface area contributed by atoms with Crippen molar-refractivity contribution in [2.24, 2.45) is 5.92 Å². The lowest BCUT2D eigenvalue weighted by molar-refractivity contribution is 0.613.